The molecule has 1 aliphatic rings. The first kappa shape index (κ1) is 17.0. The highest BCUT2D eigenvalue weighted by Crippen LogP contribution is 2.29. The van der Waals surface area contributed by atoms with Gasteiger partial charge in [-0.05, 0) is 49.3 Å². The van der Waals surface area contributed by atoms with Crippen LogP contribution in [0.2, 0.25) is 0 Å². The number of aryl methyl sites for hydroxylation is 1. The molecule has 0 aromatic heterocycles. The fraction of sp³-hybridized carbons (Fsp3) is 0.632. The van der Waals surface area contributed by atoms with E-state index in [9.17, 15) is 4.79 Å². The molecule has 4 unspecified atom stereocenters. The van der Waals surface area contributed by atoms with Crippen molar-refractivity contribution in [2.75, 3.05) is 5.32 Å². The maximum atomic E-state index is 12.4. The molecule has 0 saturated heterocycles. The van der Waals surface area contributed by atoms with Gasteiger partial charge < -0.3 is 10.6 Å². The lowest BCUT2D eigenvalue weighted by Crippen LogP contribution is -2.49. The Morgan fingerprint density at radius 1 is 1.23 bits per heavy atom. The Kier molecular flexibility index (Phi) is 6.01. The lowest BCUT2D eigenvalue weighted by Gasteiger charge is -2.36. The van der Waals surface area contributed by atoms with Crippen molar-refractivity contribution in [3.63, 3.8) is 0 Å². The van der Waals surface area contributed by atoms with Crippen molar-refractivity contribution in [1.29, 1.82) is 0 Å². The van der Waals surface area contributed by atoms with E-state index in [0.29, 0.717) is 12.0 Å². The molecule has 1 saturated carbocycles. The summed E-state index contributed by atoms with van der Waals surface area (Å²) in [5.41, 5.74) is 2.16. The first-order chi connectivity index (χ1) is 10.5. The van der Waals surface area contributed by atoms with Gasteiger partial charge in [0.15, 0.2) is 0 Å². The highest BCUT2D eigenvalue weighted by Gasteiger charge is 2.29. The van der Waals surface area contributed by atoms with Crippen LogP contribution in [0.15, 0.2) is 24.3 Å². The summed E-state index contributed by atoms with van der Waals surface area (Å²) >= 11 is 0. The Labute approximate surface area is 134 Å². The molecule has 2 rings (SSSR count). The van der Waals surface area contributed by atoms with E-state index in [4.69, 9.17) is 0 Å². The quantitative estimate of drug-likeness (QED) is 0.863. The number of hydrogen-bond acceptors (Lipinski definition) is 2. The molecule has 1 aromatic carbocycles. The Morgan fingerprint density at radius 2 is 1.91 bits per heavy atom. The Bertz CT molecular complexity index is 483. The summed E-state index contributed by atoms with van der Waals surface area (Å²) < 4.78 is 0. The van der Waals surface area contributed by atoms with Crippen molar-refractivity contribution in [1.82, 2.24) is 5.32 Å². The molecular weight excluding hydrogens is 272 g/mol. The van der Waals surface area contributed by atoms with Crippen LogP contribution in [0.25, 0.3) is 0 Å². The van der Waals surface area contributed by atoms with Crippen LogP contribution in [0.5, 0.6) is 0 Å². The molecule has 1 aromatic rings. The third-order valence-corrected chi connectivity index (χ3v) is 5.19. The van der Waals surface area contributed by atoms with Crippen molar-refractivity contribution >= 4 is 11.6 Å². The standard InChI is InChI=1S/C19H30N2O/c1-5-16-9-11-17(12-10-16)21-19(22)15(4)20-18-8-6-7-13(2)14(18)3/h9-15,18,20H,5-8H2,1-4H3,(H,21,22). The molecule has 0 radical (unpaired) electrons. The third kappa shape index (κ3) is 4.33. The number of carbonyl (C=O) groups excluding carboxylic acids is 1. The van der Waals surface area contributed by atoms with Gasteiger partial charge in [0, 0.05) is 11.7 Å². The van der Waals surface area contributed by atoms with E-state index in [1.54, 1.807) is 0 Å². The van der Waals surface area contributed by atoms with Crippen molar-refractivity contribution in [2.45, 2.75) is 65.5 Å². The third-order valence-electron chi connectivity index (χ3n) is 5.19. The Morgan fingerprint density at radius 3 is 2.55 bits per heavy atom. The number of nitrogens with one attached hydrogen (secondary N) is 2. The SMILES string of the molecule is CCc1ccc(NC(=O)C(C)NC2CCCC(C)C2C)cc1. The normalized spacial score (nSPS) is 26.5. The second-order valence-corrected chi connectivity index (χ2v) is 6.80. The van der Waals surface area contributed by atoms with E-state index in [0.717, 1.165) is 18.0 Å². The maximum Gasteiger partial charge on any atom is 0.241 e. The van der Waals surface area contributed by atoms with Gasteiger partial charge in [0.25, 0.3) is 0 Å². The predicted octanol–water partition coefficient (Wildman–Crippen LogP) is 3.99. The molecule has 3 heteroatoms. The van der Waals surface area contributed by atoms with Gasteiger partial charge in [-0.1, -0.05) is 45.7 Å². The van der Waals surface area contributed by atoms with Crippen LogP contribution in [0.4, 0.5) is 5.69 Å². The second kappa shape index (κ2) is 7.77. The van der Waals surface area contributed by atoms with Crippen LogP contribution in [0.3, 0.4) is 0 Å². The first-order valence-corrected chi connectivity index (χ1v) is 8.67. The van der Waals surface area contributed by atoms with Crippen LogP contribution in [-0.4, -0.2) is 18.0 Å². The summed E-state index contributed by atoms with van der Waals surface area (Å²) in [5.74, 6) is 1.42. The maximum absolute atomic E-state index is 12.4. The van der Waals surface area contributed by atoms with E-state index in [1.165, 1.54) is 24.8 Å². The number of hydrogen-bond donors (Lipinski definition) is 2. The van der Waals surface area contributed by atoms with Crippen LogP contribution in [0, 0.1) is 11.8 Å². The highest BCUT2D eigenvalue weighted by atomic mass is 16.2. The van der Waals surface area contributed by atoms with Crippen LogP contribution >= 0.6 is 0 Å². The van der Waals surface area contributed by atoms with Crippen molar-refractivity contribution < 1.29 is 4.79 Å². The predicted molar refractivity (Wildman–Crippen MR) is 93.0 cm³/mol. The van der Waals surface area contributed by atoms with Crippen molar-refractivity contribution in [2.24, 2.45) is 11.8 Å². The summed E-state index contributed by atoms with van der Waals surface area (Å²) in [6.45, 7) is 8.71. The second-order valence-electron chi connectivity index (χ2n) is 6.80. The molecule has 4 atom stereocenters. The first-order valence-electron chi connectivity index (χ1n) is 8.67. The fourth-order valence-corrected chi connectivity index (χ4v) is 3.29. The molecule has 1 aliphatic carbocycles. The molecule has 1 amide bonds. The number of amides is 1. The van der Waals surface area contributed by atoms with E-state index >= 15 is 0 Å². The smallest absolute Gasteiger partial charge is 0.241 e. The van der Waals surface area contributed by atoms with Crippen LogP contribution < -0.4 is 10.6 Å². The zero-order valence-corrected chi connectivity index (χ0v) is 14.4. The summed E-state index contributed by atoms with van der Waals surface area (Å²) in [7, 11) is 0. The number of carbonyl (C=O) groups is 1. The topological polar surface area (TPSA) is 41.1 Å². The van der Waals surface area contributed by atoms with E-state index in [1.807, 2.05) is 19.1 Å². The minimum atomic E-state index is -0.163. The summed E-state index contributed by atoms with van der Waals surface area (Å²) in [6.07, 6.45) is 4.76. The van der Waals surface area contributed by atoms with Gasteiger partial charge in [-0.15, -0.1) is 0 Å². The lowest BCUT2D eigenvalue weighted by atomic mass is 9.78. The molecule has 1 fully saturated rings. The van der Waals surface area contributed by atoms with E-state index < -0.39 is 0 Å². The monoisotopic (exact) mass is 302 g/mol. The van der Waals surface area contributed by atoms with Crippen LogP contribution in [-0.2, 0) is 11.2 Å². The number of benzene rings is 1. The average Bonchev–Trinajstić information content (AvgIpc) is 2.52. The molecule has 0 heterocycles. The largest absolute Gasteiger partial charge is 0.325 e. The molecule has 0 spiro atoms. The zero-order valence-electron chi connectivity index (χ0n) is 14.4. The fourth-order valence-electron chi connectivity index (χ4n) is 3.29. The van der Waals surface area contributed by atoms with Gasteiger partial charge >= 0.3 is 0 Å². The molecular formula is C19H30N2O. The minimum Gasteiger partial charge on any atom is -0.325 e. The van der Waals surface area contributed by atoms with Crippen molar-refractivity contribution in [3.8, 4) is 0 Å². The average molecular weight is 302 g/mol. The van der Waals surface area contributed by atoms with Gasteiger partial charge in [0.05, 0.1) is 6.04 Å². The van der Waals surface area contributed by atoms with Crippen LogP contribution in [0.1, 0.15) is 52.5 Å². The molecule has 22 heavy (non-hydrogen) atoms. The number of anilines is 1. The van der Waals surface area contributed by atoms with Crippen molar-refractivity contribution in [3.05, 3.63) is 29.8 Å². The Balaban J connectivity index is 1.88. The highest BCUT2D eigenvalue weighted by molar-refractivity contribution is 5.94. The van der Waals surface area contributed by atoms with Gasteiger partial charge in [-0.3, -0.25) is 4.79 Å². The molecule has 3 nitrogen and oxygen atoms in total. The van der Waals surface area contributed by atoms with Gasteiger partial charge in [0.2, 0.25) is 5.91 Å². The summed E-state index contributed by atoms with van der Waals surface area (Å²) in [4.78, 5) is 12.4. The molecule has 2 N–H and O–H groups in total. The van der Waals surface area contributed by atoms with Gasteiger partial charge in [0.1, 0.15) is 0 Å². The van der Waals surface area contributed by atoms with Gasteiger partial charge in [-0.25, -0.2) is 0 Å². The molecule has 122 valence electrons. The lowest BCUT2D eigenvalue weighted by molar-refractivity contribution is -0.118. The molecule has 0 bridgehead atoms. The summed E-state index contributed by atoms with van der Waals surface area (Å²) in [6, 6.07) is 8.39. The van der Waals surface area contributed by atoms with E-state index in [-0.39, 0.29) is 11.9 Å². The van der Waals surface area contributed by atoms with Gasteiger partial charge in [-0.2, -0.15) is 0 Å². The minimum absolute atomic E-state index is 0.0506. The summed E-state index contributed by atoms with van der Waals surface area (Å²) in [5, 5.41) is 6.54. The molecule has 0 aliphatic heterocycles. The Hall–Kier alpha value is -1.35. The van der Waals surface area contributed by atoms with E-state index in [2.05, 4.69) is 43.5 Å². The zero-order chi connectivity index (χ0) is 16.1. The number of rotatable bonds is 5.